The van der Waals surface area contributed by atoms with Crippen LogP contribution in [0, 0.1) is 0 Å². The predicted octanol–water partition coefficient (Wildman–Crippen LogP) is 3.38. The molecule has 0 unspecified atom stereocenters. The molecular weight excluding hydrogens is 322 g/mol. The van der Waals surface area contributed by atoms with Crippen LogP contribution in [0.25, 0.3) is 10.2 Å². The number of nitrogens with zero attached hydrogens (tertiary/aromatic N) is 2. The average molecular weight is 341 g/mol. The third-order valence-electron chi connectivity index (χ3n) is 3.50. The summed E-state index contributed by atoms with van der Waals surface area (Å²) in [6.07, 6.45) is 0. The van der Waals surface area contributed by atoms with Gasteiger partial charge in [-0.3, -0.25) is 4.79 Å². The molecule has 0 saturated heterocycles. The SMILES string of the molecule is CN(C)C(=O)COc1cccc(CNc2nc3ccccc3s2)c1. The molecule has 1 amide bonds. The number of ether oxygens (including phenoxy) is 1. The van der Waals surface area contributed by atoms with Crippen LogP contribution in [0.3, 0.4) is 0 Å². The normalized spacial score (nSPS) is 10.6. The number of nitrogens with one attached hydrogen (secondary N) is 1. The fourth-order valence-corrected chi connectivity index (χ4v) is 3.01. The van der Waals surface area contributed by atoms with Crippen molar-refractivity contribution in [3.05, 3.63) is 54.1 Å². The Morgan fingerprint density at radius 3 is 2.83 bits per heavy atom. The van der Waals surface area contributed by atoms with Crippen LogP contribution >= 0.6 is 11.3 Å². The number of amides is 1. The van der Waals surface area contributed by atoms with Crippen LogP contribution in [-0.4, -0.2) is 36.5 Å². The van der Waals surface area contributed by atoms with E-state index < -0.39 is 0 Å². The van der Waals surface area contributed by atoms with Gasteiger partial charge in [0, 0.05) is 20.6 Å². The van der Waals surface area contributed by atoms with E-state index in [4.69, 9.17) is 4.74 Å². The summed E-state index contributed by atoms with van der Waals surface area (Å²) >= 11 is 1.63. The van der Waals surface area contributed by atoms with Crippen LogP contribution in [0.2, 0.25) is 0 Å². The standard InChI is InChI=1S/C18H19N3O2S/c1-21(2)17(22)12-23-14-7-5-6-13(10-14)11-19-18-20-15-8-3-4-9-16(15)24-18/h3-10H,11-12H2,1-2H3,(H,19,20). The molecule has 2 aromatic carbocycles. The van der Waals surface area contributed by atoms with E-state index in [0.29, 0.717) is 12.3 Å². The number of aromatic nitrogens is 1. The molecule has 24 heavy (non-hydrogen) atoms. The molecule has 6 heteroatoms. The van der Waals surface area contributed by atoms with Gasteiger partial charge in [0.05, 0.1) is 10.2 Å². The van der Waals surface area contributed by atoms with Crippen molar-refractivity contribution in [2.75, 3.05) is 26.0 Å². The van der Waals surface area contributed by atoms with E-state index in [9.17, 15) is 4.79 Å². The zero-order valence-electron chi connectivity index (χ0n) is 13.7. The Labute approximate surface area is 144 Å². The Kier molecular flexibility index (Phi) is 4.96. The van der Waals surface area contributed by atoms with Gasteiger partial charge in [-0.05, 0) is 29.8 Å². The Hall–Kier alpha value is -2.60. The van der Waals surface area contributed by atoms with Crippen LogP contribution in [0.15, 0.2) is 48.5 Å². The minimum Gasteiger partial charge on any atom is -0.484 e. The summed E-state index contributed by atoms with van der Waals surface area (Å²) in [5.74, 6) is 0.627. The monoisotopic (exact) mass is 341 g/mol. The molecule has 0 saturated carbocycles. The lowest BCUT2D eigenvalue weighted by atomic mass is 10.2. The molecule has 5 nitrogen and oxygen atoms in total. The maximum Gasteiger partial charge on any atom is 0.259 e. The highest BCUT2D eigenvalue weighted by Crippen LogP contribution is 2.26. The molecule has 3 rings (SSSR count). The molecule has 1 heterocycles. The number of anilines is 1. The zero-order valence-corrected chi connectivity index (χ0v) is 14.5. The number of para-hydroxylation sites is 1. The van der Waals surface area contributed by atoms with Crippen LogP contribution in [-0.2, 0) is 11.3 Å². The number of likely N-dealkylation sites (N-methyl/N-ethyl adjacent to an activating group) is 1. The lowest BCUT2D eigenvalue weighted by Crippen LogP contribution is -2.27. The summed E-state index contributed by atoms with van der Waals surface area (Å²) in [5.41, 5.74) is 2.08. The molecule has 0 atom stereocenters. The highest BCUT2D eigenvalue weighted by atomic mass is 32.1. The second-order valence-corrected chi connectivity index (χ2v) is 6.60. The van der Waals surface area contributed by atoms with E-state index in [0.717, 1.165) is 16.2 Å². The Morgan fingerprint density at radius 2 is 2.04 bits per heavy atom. The minimum atomic E-state index is -0.0620. The van der Waals surface area contributed by atoms with E-state index in [1.165, 1.54) is 9.60 Å². The summed E-state index contributed by atoms with van der Waals surface area (Å²) in [7, 11) is 3.42. The fourth-order valence-electron chi connectivity index (χ4n) is 2.14. The lowest BCUT2D eigenvalue weighted by molar-refractivity contribution is -0.130. The van der Waals surface area contributed by atoms with Crippen molar-refractivity contribution in [3.63, 3.8) is 0 Å². The Bertz CT molecular complexity index is 812. The summed E-state index contributed by atoms with van der Waals surface area (Å²) in [6.45, 7) is 0.695. The number of fused-ring (bicyclic) bond motifs is 1. The molecule has 0 aliphatic carbocycles. The number of hydrogen-bond donors (Lipinski definition) is 1. The molecule has 0 aliphatic heterocycles. The molecule has 1 N–H and O–H groups in total. The second kappa shape index (κ2) is 7.31. The topological polar surface area (TPSA) is 54.5 Å². The average Bonchev–Trinajstić information content (AvgIpc) is 3.01. The number of carbonyl (C=O) groups excluding carboxylic acids is 1. The van der Waals surface area contributed by atoms with Crippen molar-refractivity contribution in [3.8, 4) is 5.75 Å². The first-order valence-electron chi connectivity index (χ1n) is 7.63. The molecule has 0 aliphatic rings. The van der Waals surface area contributed by atoms with Crippen LogP contribution in [0.1, 0.15) is 5.56 Å². The van der Waals surface area contributed by atoms with Gasteiger partial charge in [-0.1, -0.05) is 35.6 Å². The first-order valence-corrected chi connectivity index (χ1v) is 8.45. The van der Waals surface area contributed by atoms with Crippen LogP contribution in [0.4, 0.5) is 5.13 Å². The highest BCUT2D eigenvalue weighted by molar-refractivity contribution is 7.22. The molecular formula is C18H19N3O2S. The van der Waals surface area contributed by atoms with Gasteiger partial charge >= 0.3 is 0 Å². The summed E-state index contributed by atoms with van der Waals surface area (Å²) < 4.78 is 6.70. The molecule has 0 bridgehead atoms. The Balaban J connectivity index is 1.61. The van der Waals surface area contributed by atoms with E-state index in [1.54, 1.807) is 25.4 Å². The number of carbonyl (C=O) groups is 1. The largest absolute Gasteiger partial charge is 0.484 e. The minimum absolute atomic E-state index is 0.0434. The van der Waals surface area contributed by atoms with Gasteiger partial charge in [0.25, 0.3) is 5.91 Å². The molecule has 0 radical (unpaired) electrons. The Morgan fingerprint density at radius 1 is 1.21 bits per heavy atom. The maximum absolute atomic E-state index is 11.6. The summed E-state index contributed by atoms with van der Waals surface area (Å²) in [5, 5.41) is 4.23. The van der Waals surface area contributed by atoms with Crippen LogP contribution < -0.4 is 10.1 Å². The van der Waals surface area contributed by atoms with Crippen LogP contribution in [0.5, 0.6) is 5.75 Å². The number of rotatable bonds is 6. The fraction of sp³-hybridized carbons (Fsp3) is 0.222. The third-order valence-corrected chi connectivity index (χ3v) is 4.49. The first-order chi connectivity index (χ1) is 11.6. The number of thiazole rings is 1. The number of benzene rings is 2. The van der Waals surface area contributed by atoms with Gasteiger partial charge in [-0.2, -0.15) is 0 Å². The van der Waals surface area contributed by atoms with Gasteiger partial charge < -0.3 is 15.0 Å². The lowest BCUT2D eigenvalue weighted by Gasteiger charge is -2.12. The quantitative estimate of drug-likeness (QED) is 0.747. The molecule has 0 spiro atoms. The van der Waals surface area contributed by atoms with Gasteiger partial charge in [-0.25, -0.2) is 4.98 Å². The van der Waals surface area contributed by atoms with Crippen molar-refractivity contribution < 1.29 is 9.53 Å². The van der Waals surface area contributed by atoms with Gasteiger partial charge in [0.15, 0.2) is 11.7 Å². The van der Waals surface area contributed by atoms with Crippen molar-refractivity contribution in [1.82, 2.24) is 9.88 Å². The zero-order chi connectivity index (χ0) is 16.9. The maximum atomic E-state index is 11.6. The smallest absolute Gasteiger partial charge is 0.259 e. The molecule has 1 aromatic heterocycles. The second-order valence-electron chi connectivity index (χ2n) is 5.56. The molecule has 0 fully saturated rings. The van der Waals surface area contributed by atoms with E-state index in [1.807, 2.05) is 42.5 Å². The van der Waals surface area contributed by atoms with Crippen molar-refractivity contribution in [1.29, 1.82) is 0 Å². The summed E-state index contributed by atoms with van der Waals surface area (Å²) in [4.78, 5) is 17.6. The van der Waals surface area contributed by atoms with Crippen molar-refractivity contribution in [2.45, 2.75) is 6.54 Å². The highest BCUT2D eigenvalue weighted by Gasteiger charge is 2.06. The van der Waals surface area contributed by atoms with Gasteiger partial charge in [0.2, 0.25) is 0 Å². The predicted molar refractivity (Wildman–Crippen MR) is 97.6 cm³/mol. The molecule has 124 valence electrons. The van der Waals surface area contributed by atoms with Crippen molar-refractivity contribution in [2.24, 2.45) is 0 Å². The summed E-state index contributed by atoms with van der Waals surface area (Å²) in [6, 6.07) is 15.8. The third kappa shape index (κ3) is 4.02. The number of hydrogen-bond acceptors (Lipinski definition) is 5. The van der Waals surface area contributed by atoms with E-state index in [2.05, 4.69) is 16.4 Å². The van der Waals surface area contributed by atoms with Gasteiger partial charge in [-0.15, -0.1) is 0 Å². The first kappa shape index (κ1) is 16.3. The van der Waals surface area contributed by atoms with E-state index >= 15 is 0 Å². The van der Waals surface area contributed by atoms with Crippen molar-refractivity contribution >= 4 is 32.6 Å². The molecule has 3 aromatic rings. The van der Waals surface area contributed by atoms with E-state index in [-0.39, 0.29) is 12.5 Å². The van der Waals surface area contributed by atoms with Gasteiger partial charge in [0.1, 0.15) is 5.75 Å².